The van der Waals surface area contributed by atoms with Gasteiger partial charge >= 0.3 is 6.36 Å². The minimum atomic E-state index is -4.86. The van der Waals surface area contributed by atoms with Crippen LogP contribution in [-0.2, 0) is 0 Å². The number of piperidine rings is 1. The van der Waals surface area contributed by atoms with Gasteiger partial charge in [0.2, 0.25) is 5.95 Å². The molecule has 0 bridgehead atoms. The van der Waals surface area contributed by atoms with Crippen LogP contribution in [0.15, 0.2) is 28.4 Å². The van der Waals surface area contributed by atoms with E-state index in [2.05, 4.69) is 53.0 Å². The molecule has 0 radical (unpaired) electrons. The maximum Gasteiger partial charge on any atom is 0.573 e. The molecule has 3 N–H and O–H groups in total. The van der Waals surface area contributed by atoms with Crippen molar-refractivity contribution in [3.63, 3.8) is 0 Å². The van der Waals surface area contributed by atoms with Crippen molar-refractivity contribution in [1.29, 1.82) is 0 Å². The molecule has 7 nitrogen and oxygen atoms in total. The highest BCUT2D eigenvalue weighted by molar-refractivity contribution is 9.10. The fourth-order valence-corrected chi connectivity index (χ4v) is 3.79. The van der Waals surface area contributed by atoms with Crippen molar-refractivity contribution in [3.05, 3.63) is 34.1 Å². The van der Waals surface area contributed by atoms with Gasteiger partial charge in [-0.3, -0.25) is 0 Å². The van der Waals surface area contributed by atoms with Gasteiger partial charge in [-0.1, -0.05) is 22.9 Å². The fourth-order valence-electron chi connectivity index (χ4n) is 3.45. The zero-order chi connectivity index (χ0) is 22.6. The van der Waals surface area contributed by atoms with Gasteiger partial charge in [0.1, 0.15) is 11.4 Å². The Balaban J connectivity index is 1.97. The second-order valence-corrected chi connectivity index (χ2v) is 8.24. The van der Waals surface area contributed by atoms with E-state index in [4.69, 9.17) is 5.73 Å². The van der Waals surface area contributed by atoms with Crippen LogP contribution in [0.1, 0.15) is 32.4 Å². The summed E-state index contributed by atoms with van der Waals surface area (Å²) in [4.78, 5) is 6.82. The Morgan fingerprint density at radius 3 is 2.84 bits per heavy atom. The van der Waals surface area contributed by atoms with Crippen LogP contribution in [0.25, 0.3) is 17.3 Å². The summed E-state index contributed by atoms with van der Waals surface area (Å²) in [7, 11) is 0. The molecule has 1 aliphatic rings. The number of likely N-dealkylation sites (N-methyl/N-ethyl adjacent to an activating group) is 1. The van der Waals surface area contributed by atoms with Crippen LogP contribution in [0.5, 0.6) is 5.75 Å². The summed E-state index contributed by atoms with van der Waals surface area (Å²) in [5, 5.41) is 11.6. The summed E-state index contributed by atoms with van der Waals surface area (Å²) in [6.07, 6.45) is -1.28. The Bertz CT molecular complexity index is 949. The molecular formula is C20H24BrF3N6O. The molecule has 1 aromatic carbocycles. The average Bonchev–Trinajstić information content (AvgIpc) is 2.67. The van der Waals surface area contributed by atoms with E-state index in [1.54, 1.807) is 19.1 Å². The molecule has 11 heteroatoms. The van der Waals surface area contributed by atoms with Gasteiger partial charge in [-0.2, -0.15) is 0 Å². The molecule has 2 aromatic rings. The number of hydrogen-bond acceptors (Lipinski definition) is 7. The molecule has 1 saturated heterocycles. The Hall–Kier alpha value is -2.40. The number of alkyl halides is 3. The molecule has 0 spiro atoms. The number of nitrogens with one attached hydrogen (secondary N) is 1. The van der Waals surface area contributed by atoms with Crippen LogP contribution in [0, 0.1) is 0 Å². The van der Waals surface area contributed by atoms with E-state index in [1.807, 2.05) is 0 Å². The van der Waals surface area contributed by atoms with Gasteiger partial charge in [0.05, 0.1) is 5.69 Å². The Morgan fingerprint density at radius 2 is 2.16 bits per heavy atom. The second-order valence-electron chi connectivity index (χ2n) is 7.32. The standard InChI is InChI=1S/C20H24BrF3N6O/c1-3-30-8-4-5-14(11-30)26-19-27-16(9-12(2)25)18(28-29-19)15-7-6-13(21)10-17(15)31-20(22,23)24/h6-7,9-10,14H,3-5,8,11,25H2,1-2H3,(H,26,27,29)/b12-9-/t14-/m0/s1. The number of ether oxygens (including phenoxy) is 1. The van der Waals surface area contributed by atoms with Crippen molar-refractivity contribution in [2.45, 2.75) is 39.1 Å². The van der Waals surface area contributed by atoms with E-state index >= 15 is 0 Å². The number of anilines is 1. The molecule has 168 valence electrons. The minimum absolute atomic E-state index is 0.106. The predicted molar refractivity (Wildman–Crippen MR) is 116 cm³/mol. The van der Waals surface area contributed by atoms with E-state index in [9.17, 15) is 13.2 Å². The summed E-state index contributed by atoms with van der Waals surface area (Å²) in [6.45, 7) is 6.65. The van der Waals surface area contributed by atoms with Gasteiger partial charge < -0.3 is 20.7 Å². The van der Waals surface area contributed by atoms with E-state index in [0.717, 1.165) is 32.5 Å². The van der Waals surface area contributed by atoms with Gasteiger partial charge in [0.15, 0.2) is 0 Å². The minimum Gasteiger partial charge on any atom is -0.405 e. The van der Waals surface area contributed by atoms with Crippen LogP contribution in [0.3, 0.4) is 0 Å². The van der Waals surface area contributed by atoms with E-state index in [0.29, 0.717) is 21.8 Å². The van der Waals surface area contributed by atoms with Crippen molar-refractivity contribution in [1.82, 2.24) is 20.1 Å². The summed E-state index contributed by atoms with van der Waals surface area (Å²) in [5.74, 6) is -0.108. The largest absolute Gasteiger partial charge is 0.573 e. The Kier molecular flexibility index (Phi) is 7.37. The van der Waals surface area contributed by atoms with Crippen molar-refractivity contribution >= 4 is 28.0 Å². The number of benzene rings is 1. The lowest BCUT2D eigenvalue weighted by Crippen LogP contribution is -2.42. The van der Waals surface area contributed by atoms with Crippen molar-refractivity contribution in [2.75, 3.05) is 25.0 Å². The molecule has 1 aromatic heterocycles. The third-order valence-electron chi connectivity index (χ3n) is 4.79. The number of allylic oxidation sites excluding steroid dienone is 1. The highest BCUT2D eigenvalue weighted by atomic mass is 79.9. The number of nitrogens with two attached hydrogens (primary N) is 1. The SMILES string of the molecule is CCN1CCC[C@H](Nc2nnc(-c3ccc(Br)cc3OC(F)(F)F)c(/C=C(/C)N)n2)C1. The lowest BCUT2D eigenvalue weighted by molar-refractivity contribution is -0.274. The van der Waals surface area contributed by atoms with Crippen LogP contribution in [0.4, 0.5) is 19.1 Å². The molecule has 3 rings (SSSR count). The molecule has 2 heterocycles. The fraction of sp³-hybridized carbons (Fsp3) is 0.450. The first kappa shape index (κ1) is 23.3. The first-order valence-corrected chi connectivity index (χ1v) is 10.7. The van der Waals surface area contributed by atoms with Gasteiger partial charge in [0, 0.05) is 28.3 Å². The Morgan fingerprint density at radius 1 is 1.39 bits per heavy atom. The van der Waals surface area contributed by atoms with Gasteiger partial charge in [-0.25, -0.2) is 4.98 Å². The second kappa shape index (κ2) is 9.82. The number of likely N-dealkylation sites (tertiary alicyclic amines) is 1. The topological polar surface area (TPSA) is 89.2 Å². The van der Waals surface area contributed by atoms with Crippen molar-refractivity contribution < 1.29 is 17.9 Å². The smallest absolute Gasteiger partial charge is 0.405 e. The first-order chi connectivity index (χ1) is 14.6. The normalized spacial score (nSPS) is 18.1. The van der Waals surface area contributed by atoms with Gasteiger partial charge in [-0.15, -0.1) is 23.4 Å². The highest BCUT2D eigenvalue weighted by Gasteiger charge is 2.33. The molecule has 0 aliphatic carbocycles. The summed E-state index contributed by atoms with van der Waals surface area (Å²) in [6, 6.07) is 4.44. The maximum absolute atomic E-state index is 12.9. The van der Waals surface area contributed by atoms with Crippen LogP contribution in [0.2, 0.25) is 0 Å². The van der Waals surface area contributed by atoms with Crippen LogP contribution in [-0.4, -0.2) is 52.1 Å². The maximum atomic E-state index is 12.9. The molecule has 0 unspecified atom stereocenters. The zero-order valence-corrected chi connectivity index (χ0v) is 18.8. The van der Waals surface area contributed by atoms with Gasteiger partial charge in [-0.05, 0) is 57.1 Å². The Labute approximate surface area is 187 Å². The summed E-state index contributed by atoms with van der Waals surface area (Å²) in [5.41, 5.74) is 6.81. The third kappa shape index (κ3) is 6.54. The van der Waals surface area contributed by atoms with E-state index in [1.165, 1.54) is 12.1 Å². The molecule has 0 amide bonds. The number of nitrogens with zero attached hydrogens (tertiary/aromatic N) is 4. The monoisotopic (exact) mass is 500 g/mol. The molecular weight excluding hydrogens is 477 g/mol. The lowest BCUT2D eigenvalue weighted by atomic mass is 10.1. The molecule has 1 atom stereocenters. The quantitative estimate of drug-likeness (QED) is 0.606. The first-order valence-electron chi connectivity index (χ1n) is 9.87. The number of halogens is 4. The van der Waals surface area contributed by atoms with Crippen LogP contribution < -0.4 is 15.8 Å². The molecule has 1 aliphatic heterocycles. The third-order valence-corrected chi connectivity index (χ3v) is 5.28. The molecule has 0 saturated carbocycles. The number of aromatic nitrogens is 3. The average molecular weight is 501 g/mol. The van der Waals surface area contributed by atoms with E-state index in [-0.39, 0.29) is 17.3 Å². The number of hydrogen-bond donors (Lipinski definition) is 2. The van der Waals surface area contributed by atoms with Crippen LogP contribution >= 0.6 is 15.9 Å². The van der Waals surface area contributed by atoms with Crippen molar-refractivity contribution in [2.24, 2.45) is 5.73 Å². The highest BCUT2D eigenvalue weighted by Crippen LogP contribution is 2.36. The number of rotatable bonds is 6. The molecule has 1 fully saturated rings. The zero-order valence-electron chi connectivity index (χ0n) is 17.2. The summed E-state index contributed by atoms with van der Waals surface area (Å²) < 4.78 is 43.4. The van der Waals surface area contributed by atoms with E-state index < -0.39 is 12.1 Å². The van der Waals surface area contributed by atoms with Gasteiger partial charge in [0.25, 0.3) is 0 Å². The summed E-state index contributed by atoms with van der Waals surface area (Å²) >= 11 is 3.17. The molecule has 31 heavy (non-hydrogen) atoms. The van der Waals surface area contributed by atoms with Crippen molar-refractivity contribution in [3.8, 4) is 17.0 Å². The predicted octanol–water partition coefficient (Wildman–Crippen LogP) is 4.42. The lowest BCUT2D eigenvalue weighted by Gasteiger charge is -2.32.